The van der Waals surface area contributed by atoms with Crippen LogP contribution in [0.1, 0.15) is 25.6 Å². The molecule has 0 saturated heterocycles. The van der Waals surface area contributed by atoms with Gasteiger partial charge in [0.25, 0.3) is 5.56 Å². The lowest BCUT2D eigenvalue weighted by Gasteiger charge is -2.10. The van der Waals surface area contributed by atoms with E-state index in [1.165, 1.54) is 11.6 Å². The van der Waals surface area contributed by atoms with Gasteiger partial charge in [0.05, 0.1) is 13.2 Å². The normalized spacial score (nSPS) is 11.7. The molecule has 2 aromatic heterocycles. The molecule has 8 heteroatoms. The zero-order chi connectivity index (χ0) is 16.4. The molecule has 0 aliphatic rings. The van der Waals surface area contributed by atoms with Gasteiger partial charge in [-0.05, 0) is 0 Å². The Morgan fingerprint density at radius 2 is 1.91 bits per heavy atom. The van der Waals surface area contributed by atoms with Gasteiger partial charge >= 0.3 is 5.69 Å². The number of methoxy groups -OCH3 is 1. The monoisotopic (exact) mass is 309 g/mol. The fraction of sp³-hybridized carbons (Fsp3) is 0.643. The van der Waals surface area contributed by atoms with Crippen molar-refractivity contribution in [1.29, 1.82) is 0 Å². The average Bonchev–Trinajstić information content (AvgIpc) is 2.85. The smallest absolute Gasteiger partial charge is 0.332 e. The van der Waals surface area contributed by atoms with Gasteiger partial charge < -0.3 is 15.0 Å². The first kappa shape index (κ1) is 16.4. The van der Waals surface area contributed by atoms with Gasteiger partial charge in [-0.2, -0.15) is 0 Å². The second-order valence-corrected chi connectivity index (χ2v) is 5.53. The van der Waals surface area contributed by atoms with Crippen molar-refractivity contribution in [2.24, 2.45) is 12.8 Å². The molecule has 2 aromatic rings. The van der Waals surface area contributed by atoms with Crippen molar-refractivity contribution >= 4 is 11.2 Å². The number of imidazole rings is 1. The molecule has 8 nitrogen and oxygen atoms in total. The molecule has 0 unspecified atom stereocenters. The quantitative estimate of drug-likeness (QED) is 0.785. The summed E-state index contributed by atoms with van der Waals surface area (Å²) in [6.45, 7) is 5.59. The fourth-order valence-corrected chi connectivity index (χ4v) is 2.55. The molecule has 0 spiro atoms. The van der Waals surface area contributed by atoms with E-state index in [1.54, 1.807) is 7.11 Å². The Labute approximate surface area is 128 Å². The highest BCUT2D eigenvalue weighted by Crippen LogP contribution is 2.18. The number of hydrogen-bond donors (Lipinski definition) is 1. The highest BCUT2D eigenvalue weighted by atomic mass is 16.5. The average molecular weight is 309 g/mol. The summed E-state index contributed by atoms with van der Waals surface area (Å²) in [6.07, 6.45) is 0. The summed E-state index contributed by atoms with van der Waals surface area (Å²) < 4.78 is 9.47. The van der Waals surface area contributed by atoms with Crippen molar-refractivity contribution in [1.82, 2.24) is 18.7 Å². The minimum absolute atomic E-state index is 0.120. The van der Waals surface area contributed by atoms with Crippen LogP contribution in [-0.2, 0) is 24.9 Å². The van der Waals surface area contributed by atoms with Crippen LogP contribution in [-0.4, -0.2) is 38.9 Å². The first-order chi connectivity index (χ1) is 10.4. The van der Waals surface area contributed by atoms with Crippen LogP contribution in [0.2, 0.25) is 0 Å². The molecule has 0 amide bonds. The summed E-state index contributed by atoms with van der Waals surface area (Å²) >= 11 is 0. The summed E-state index contributed by atoms with van der Waals surface area (Å²) in [5.41, 5.74) is 5.77. The van der Waals surface area contributed by atoms with Gasteiger partial charge in [-0.1, -0.05) is 13.8 Å². The molecule has 0 aliphatic carbocycles. The summed E-state index contributed by atoms with van der Waals surface area (Å²) in [6, 6.07) is 0. The predicted molar refractivity (Wildman–Crippen MR) is 84.3 cm³/mol. The molecule has 0 atom stereocenters. The van der Waals surface area contributed by atoms with E-state index in [4.69, 9.17) is 10.5 Å². The molecule has 0 aliphatic heterocycles. The summed E-state index contributed by atoms with van der Waals surface area (Å²) in [4.78, 5) is 29.4. The third kappa shape index (κ3) is 2.59. The Bertz CT molecular complexity index is 784. The van der Waals surface area contributed by atoms with E-state index in [0.29, 0.717) is 37.4 Å². The topological polar surface area (TPSA) is 97.1 Å². The SMILES string of the molecule is COCCn1c(=O)n(C)c(=O)c2c1nc(C(C)C)n2CCN. The fourth-order valence-electron chi connectivity index (χ4n) is 2.55. The number of ether oxygens (including phenoxy) is 1. The number of nitrogens with zero attached hydrogens (tertiary/aromatic N) is 4. The predicted octanol–water partition coefficient (Wildman–Crippen LogP) is -0.375. The first-order valence-electron chi connectivity index (χ1n) is 7.33. The lowest BCUT2D eigenvalue weighted by Crippen LogP contribution is -2.39. The van der Waals surface area contributed by atoms with Crippen molar-refractivity contribution < 1.29 is 4.74 Å². The highest BCUT2D eigenvalue weighted by molar-refractivity contribution is 5.71. The van der Waals surface area contributed by atoms with Crippen LogP contribution in [0.3, 0.4) is 0 Å². The number of nitrogens with two attached hydrogens (primary N) is 1. The van der Waals surface area contributed by atoms with Gasteiger partial charge in [-0.25, -0.2) is 9.78 Å². The highest BCUT2D eigenvalue weighted by Gasteiger charge is 2.21. The van der Waals surface area contributed by atoms with Gasteiger partial charge in [0.2, 0.25) is 0 Å². The van der Waals surface area contributed by atoms with Gasteiger partial charge in [-0.3, -0.25) is 13.9 Å². The van der Waals surface area contributed by atoms with Crippen LogP contribution in [0.5, 0.6) is 0 Å². The van der Waals surface area contributed by atoms with E-state index in [1.807, 2.05) is 18.4 Å². The van der Waals surface area contributed by atoms with E-state index < -0.39 is 0 Å². The van der Waals surface area contributed by atoms with Gasteiger partial charge in [0.15, 0.2) is 11.2 Å². The first-order valence-corrected chi connectivity index (χ1v) is 7.33. The van der Waals surface area contributed by atoms with Crippen LogP contribution in [0.4, 0.5) is 0 Å². The number of hydrogen-bond acceptors (Lipinski definition) is 5. The molecular weight excluding hydrogens is 286 g/mol. The lowest BCUT2D eigenvalue weighted by molar-refractivity contribution is 0.186. The third-order valence-corrected chi connectivity index (χ3v) is 3.65. The van der Waals surface area contributed by atoms with E-state index in [9.17, 15) is 9.59 Å². The third-order valence-electron chi connectivity index (χ3n) is 3.65. The molecule has 22 heavy (non-hydrogen) atoms. The van der Waals surface area contributed by atoms with Gasteiger partial charge in [-0.15, -0.1) is 0 Å². The number of fused-ring (bicyclic) bond motifs is 1. The molecule has 0 fully saturated rings. The molecular formula is C14H23N5O3. The molecule has 122 valence electrons. The Hall–Kier alpha value is -1.93. The zero-order valence-electron chi connectivity index (χ0n) is 13.5. The molecule has 0 radical (unpaired) electrons. The molecule has 2 rings (SSSR count). The second-order valence-electron chi connectivity index (χ2n) is 5.53. The van der Waals surface area contributed by atoms with Crippen molar-refractivity contribution in [3.63, 3.8) is 0 Å². The summed E-state index contributed by atoms with van der Waals surface area (Å²) in [7, 11) is 3.04. The van der Waals surface area contributed by atoms with Crippen molar-refractivity contribution in [2.75, 3.05) is 20.3 Å². The molecule has 0 aromatic carbocycles. The van der Waals surface area contributed by atoms with Crippen molar-refractivity contribution in [2.45, 2.75) is 32.9 Å². The van der Waals surface area contributed by atoms with Gasteiger partial charge in [0.1, 0.15) is 5.82 Å². The van der Waals surface area contributed by atoms with Gasteiger partial charge in [0, 0.05) is 33.2 Å². The zero-order valence-corrected chi connectivity index (χ0v) is 13.5. The van der Waals surface area contributed by atoms with Crippen molar-refractivity contribution in [3.8, 4) is 0 Å². The summed E-state index contributed by atoms with van der Waals surface area (Å²) in [5, 5.41) is 0. The Kier molecular flexibility index (Phi) is 4.82. The molecule has 2 N–H and O–H groups in total. The molecule has 0 bridgehead atoms. The van der Waals surface area contributed by atoms with Crippen molar-refractivity contribution in [3.05, 3.63) is 26.7 Å². The second kappa shape index (κ2) is 6.45. The lowest BCUT2D eigenvalue weighted by atomic mass is 10.2. The van der Waals surface area contributed by atoms with E-state index >= 15 is 0 Å². The van der Waals surface area contributed by atoms with Crippen LogP contribution >= 0.6 is 0 Å². The Balaban J connectivity index is 2.88. The van der Waals surface area contributed by atoms with E-state index in [2.05, 4.69) is 4.98 Å². The van der Waals surface area contributed by atoms with Crippen LogP contribution in [0.15, 0.2) is 9.59 Å². The van der Waals surface area contributed by atoms with Crippen LogP contribution < -0.4 is 17.0 Å². The van der Waals surface area contributed by atoms with E-state index in [0.717, 1.165) is 10.4 Å². The number of rotatable bonds is 6. The maximum absolute atomic E-state index is 12.5. The number of aromatic nitrogens is 4. The summed E-state index contributed by atoms with van der Waals surface area (Å²) in [5.74, 6) is 0.879. The maximum Gasteiger partial charge on any atom is 0.332 e. The Morgan fingerprint density at radius 3 is 2.45 bits per heavy atom. The van der Waals surface area contributed by atoms with E-state index in [-0.39, 0.29) is 17.2 Å². The van der Waals surface area contributed by atoms with Crippen LogP contribution in [0, 0.1) is 0 Å². The standard InChI is InChI=1S/C14H23N5O3/c1-9(2)11-16-12-10(18(11)6-5-15)13(20)17(3)14(21)19(12)7-8-22-4/h9H,5-8,15H2,1-4H3. The largest absolute Gasteiger partial charge is 0.383 e. The van der Waals surface area contributed by atoms with Crippen LogP contribution in [0.25, 0.3) is 11.2 Å². The minimum atomic E-state index is -0.387. The minimum Gasteiger partial charge on any atom is -0.383 e. The molecule has 0 saturated carbocycles. The Morgan fingerprint density at radius 1 is 1.23 bits per heavy atom. The molecule has 2 heterocycles. The maximum atomic E-state index is 12.5.